The summed E-state index contributed by atoms with van der Waals surface area (Å²) in [6.45, 7) is 5.92. The predicted octanol–water partition coefficient (Wildman–Crippen LogP) is 1.64. The third kappa shape index (κ3) is 3.60. The quantitative estimate of drug-likeness (QED) is 0.301. The van der Waals surface area contributed by atoms with Gasteiger partial charge in [-0.1, -0.05) is 41.3 Å². The monoisotopic (exact) mass is 512 g/mol. The van der Waals surface area contributed by atoms with Gasteiger partial charge < -0.3 is 24.4 Å². The molecule has 1 N–H and O–H groups in total. The molecule has 178 valence electrons. The van der Waals surface area contributed by atoms with Crippen LogP contribution in [-0.4, -0.2) is 87.6 Å². The molecule has 2 amide bonds. The van der Waals surface area contributed by atoms with E-state index in [0.717, 1.165) is 32.1 Å². The third-order valence-corrected chi connectivity index (χ3v) is 8.39. The number of esters is 1. The molecule has 1 aliphatic carbocycles. The lowest BCUT2D eigenvalue weighted by Crippen LogP contribution is -2.59. The summed E-state index contributed by atoms with van der Waals surface area (Å²) in [5, 5.41) is 9.70. The first-order chi connectivity index (χ1) is 15.4. The van der Waals surface area contributed by atoms with Gasteiger partial charge in [-0.2, -0.15) is 0 Å². The molecule has 3 heterocycles. The highest BCUT2D eigenvalue weighted by Gasteiger charge is 2.77. The topological polar surface area (TPSA) is 96.4 Å². The van der Waals surface area contributed by atoms with Crippen molar-refractivity contribution >= 4 is 33.7 Å². The van der Waals surface area contributed by atoms with Gasteiger partial charge in [0.25, 0.3) is 0 Å². The zero-order chi connectivity index (χ0) is 23.0. The van der Waals surface area contributed by atoms with E-state index in [-0.39, 0.29) is 42.4 Å². The number of hydrogen-bond acceptors (Lipinski definition) is 6. The van der Waals surface area contributed by atoms with Gasteiger partial charge in [-0.3, -0.25) is 14.4 Å². The number of carbonyl (C=O) groups is 3. The number of hydrogen-bond donors (Lipinski definition) is 1. The van der Waals surface area contributed by atoms with Crippen molar-refractivity contribution in [2.45, 2.75) is 74.1 Å². The summed E-state index contributed by atoms with van der Waals surface area (Å²) in [6.07, 6.45) is 6.79. The second-order valence-electron chi connectivity index (χ2n) is 9.24. The first kappa shape index (κ1) is 23.7. The Balaban J connectivity index is 1.73. The molecule has 6 atom stereocenters. The second kappa shape index (κ2) is 9.43. The zero-order valence-electron chi connectivity index (χ0n) is 18.6. The van der Waals surface area contributed by atoms with Crippen molar-refractivity contribution in [3.8, 4) is 0 Å². The van der Waals surface area contributed by atoms with Gasteiger partial charge in [0.1, 0.15) is 11.6 Å². The zero-order valence-corrected chi connectivity index (χ0v) is 20.2. The van der Waals surface area contributed by atoms with Crippen LogP contribution in [0.4, 0.5) is 0 Å². The van der Waals surface area contributed by atoms with Crippen LogP contribution in [0.3, 0.4) is 0 Å². The van der Waals surface area contributed by atoms with E-state index in [9.17, 15) is 19.5 Å². The van der Waals surface area contributed by atoms with Crippen molar-refractivity contribution in [1.29, 1.82) is 0 Å². The van der Waals surface area contributed by atoms with Crippen molar-refractivity contribution < 1.29 is 29.0 Å². The highest BCUT2D eigenvalue weighted by molar-refractivity contribution is 9.09. The molecule has 4 fully saturated rings. The molecule has 8 nitrogen and oxygen atoms in total. The van der Waals surface area contributed by atoms with Crippen molar-refractivity contribution in [1.82, 2.24) is 9.80 Å². The summed E-state index contributed by atoms with van der Waals surface area (Å²) in [6, 6.07) is -0.784. The molecule has 3 aliphatic heterocycles. The molecule has 4 rings (SSSR count). The van der Waals surface area contributed by atoms with Crippen LogP contribution in [-0.2, 0) is 23.9 Å². The number of β-amino-alcohol motifs (C(OH)–C–C–N with tert-alkyl or cyclic N) is 1. The number of amides is 2. The minimum Gasteiger partial charge on any atom is -0.466 e. The van der Waals surface area contributed by atoms with E-state index in [2.05, 4.69) is 22.5 Å². The van der Waals surface area contributed by atoms with Gasteiger partial charge in [-0.15, -0.1) is 6.58 Å². The normalized spacial score (nSPS) is 36.3. The smallest absolute Gasteiger partial charge is 0.312 e. The van der Waals surface area contributed by atoms with E-state index in [1.54, 1.807) is 13.0 Å². The van der Waals surface area contributed by atoms with E-state index in [0.29, 0.717) is 13.0 Å². The lowest BCUT2D eigenvalue weighted by atomic mass is 9.70. The first-order valence-corrected chi connectivity index (χ1v) is 12.6. The van der Waals surface area contributed by atoms with Crippen LogP contribution in [0.2, 0.25) is 0 Å². The number of aliphatic hydroxyl groups is 1. The molecular formula is C23H33BrN2O6. The Kier molecular flexibility index (Phi) is 6.98. The average Bonchev–Trinajstić information content (AvgIpc) is 3.36. The number of fused-ring (bicyclic) bond motifs is 1. The van der Waals surface area contributed by atoms with Crippen LogP contribution < -0.4 is 0 Å². The number of halogens is 1. The Morgan fingerprint density at radius 3 is 2.72 bits per heavy atom. The summed E-state index contributed by atoms with van der Waals surface area (Å²) in [5.74, 6) is -2.49. The second-order valence-corrected chi connectivity index (χ2v) is 10.4. The van der Waals surface area contributed by atoms with Crippen LogP contribution in [0.1, 0.15) is 45.4 Å². The molecule has 4 aliphatic rings. The van der Waals surface area contributed by atoms with Gasteiger partial charge in [0.2, 0.25) is 11.8 Å². The number of likely N-dealkylation sites (tertiary alicyclic amines) is 1. The lowest BCUT2D eigenvalue weighted by Gasteiger charge is -2.40. The van der Waals surface area contributed by atoms with Crippen molar-refractivity contribution in [2.75, 3.05) is 26.3 Å². The van der Waals surface area contributed by atoms with Crippen molar-refractivity contribution in [2.24, 2.45) is 11.8 Å². The molecule has 1 saturated carbocycles. The molecule has 1 spiro atoms. The molecule has 0 aromatic carbocycles. The summed E-state index contributed by atoms with van der Waals surface area (Å²) in [4.78, 5) is 43.6. The van der Waals surface area contributed by atoms with Gasteiger partial charge in [-0.25, -0.2) is 0 Å². The lowest BCUT2D eigenvalue weighted by molar-refractivity contribution is -0.155. The minimum atomic E-state index is -1.10. The molecule has 9 heteroatoms. The molecular weight excluding hydrogens is 480 g/mol. The standard InChI is InChI=1S/C23H33BrN2O6/c1-3-10-25(14-8-6-5-7-9-14)21(29)19-23-13-15(24)18(32-23)16(22(30)31-4-2)17(23)20(28)26(19)11-12-27/h3,14-19,27H,1,4-13H2,2H3/t15?,16-,17+,18-,19-,23+/m1/s1. The van der Waals surface area contributed by atoms with Crippen LogP contribution in [0.15, 0.2) is 12.7 Å². The van der Waals surface area contributed by atoms with Gasteiger partial charge in [0.15, 0.2) is 0 Å². The number of alkyl halides is 1. The van der Waals surface area contributed by atoms with Crippen LogP contribution in [0, 0.1) is 11.8 Å². The maximum atomic E-state index is 14.1. The van der Waals surface area contributed by atoms with E-state index in [1.165, 1.54) is 4.90 Å². The molecule has 32 heavy (non-hydrogen) atoms. The summed E-state index contributed by atoms with van der Waals surface area (Å²) in [5.41, 5.74) is -1.10. The summed E-state index contributed by atoms with van der Waals surface area (Å²) < 4.78 is 11.7. The maximum absolute atomic E-state index is 14.1. The third-order valence-electron chi connectivity index (χ3n) is 7.55. The van der Waals surface area contributed by atoms with Crippen LogP contribution in [0.5, 0.6) is 0 Å². The average molecular weight is 513 g/mol. The number of carbonyl (C=O) groups excluding carboxylic acids is 3. The largest absolute Gasteiger partial charge is 0.466 e. The van der Waals surface area contributed by atoms with E-state index in [1.807, 2.05) is 4.90 Å². The molecule has 0 radical (unpaired) electrons. The van der Waals surface area contributed by atoms with E-state index in [4.69, 9.17) is 9.47 Å². The summed E-state index contributed by atoms with van der Waals surface area (Å²) >= 11 is 3.63. The summed E-state index contributed by atoms with van der Waals surface area (Å²) in [7, 11) is 0. The van der Waals surface area contributed by atoms with Gasteiger partial charge in [0.05, 0.1) is 31.2 Å². The Morgan fingerprint density at radius 2 is 2.09 bits per heavy atom. The molecule has 2 bridgehead atoms. The maximum Gasteiger partial charge on any atom is 0.312 e. The first-order valence-electron chi connectivity index (χ1n) is 11.7. The minimum absolute atomic E-state index is 0.0244. The van der Waals surface area contributed by atoms with Crippen molar-refractivity contribution in [3.05, 3.63) is 12.7 Å². The molecule has 0 aromatic heterocycles. The number of ether oxygens (including phenoxy) is 2. The fourth-order valence-corrected chi connectivity index (χ4v) is 7.32. The Bertz CT molecular complexity index is 772. The highest BCUT2D eigenvalue weighted by atomic mass is 79.9. The SMILES string of the molecule is C=CCN(C(=O)[C@H]1N(CCO)C(=O)[C@@H]2[C@@H](C(=O)OCC)[C@@H]3O[C@@]21CC3Br)C1CCCCC1. The van der Waals surface area contributed by atoms with Gasteiger partial charge >= 0.3 is 5.97 Å². The van der Waals surface area contributed by atoms with Gasteiger partial charge in [-0.05, 0) is 26.2 Å². The predicted molar refractivity (Wildman–Crippen MR) is 120 cm³/mol. The number of aliphatic hydroxyl groups excluding tert-OH is 1. The van der Waals surface area contributed by atoms with Crippen molar-refractivity contribution in [3.63, 3.8) is 0 Å². The molecule has 3 saturated heterocycles. The van der Waals surface area contributed by atoms with E-state index >= 15 is 0 Å². The Hall–Kier alpha value is -1.45. The Labute approximate surface area is 197 Å². The fourth-order valence-electron chi connectivity index (χ4n) is 6.37. The van der Waals surface area contributed by atoms with E-state index < -0.39 is 35.6 Å². The van der Waals surface area contributed by atoms with Gasteiger partial charge in [0, 0.05) is 24.0 Å². The number of nitrogens with zero attached hydrogens (tertiary/aromatic N) is 2. The molecule has 1 unspecified atom stereocenters. The van der Waals surface area contributed by atoms with Crippen LogP contribution in [0.25, 0.3) is 0 Å². The fraction of sp³-hybridized carbons (Fsp3) is 0.783. The van der Waals surface area contributed by atoms with Crippen LogP contribution >= 0.6 is 15.9 Å². The number of rotatable bonds is 8. The molecule has 0 aromatic rings. The Morgan fingerprint density at radius 1 is 1.38 bits per heavy atom. The highest BCUT2D eigenvalue weighted by Crippen LogP contribution is 2.60.